The number of carbonyl (C=O) groups excluding carboxylic acids is 1. The zero-order valence-electron chi connectivity index (χ0n) is 20.1. The van der Waals surface area contributed by atoms with Crippen LogP contribution in [0.2, 0.25) is 10.0 Å². The number of aromatic nitrogens is 1. The number of thiocarbonyl (C=S) groups is 1. The molecule has 1 heterocycles. The summed E-state index contributed by atoms with van der Waals surface area (Å²) in [5.74, 6) is 0.560. The molecule has 1 unspecified atom stereocenters. The summed E-state index contributed by atoms with van der Waals surface area (Å²) in [5.41, 5.74) is 4.45. The number of oxazole rings is 1. The van der Waals surface area contributed by atoms with Gasteiger partial charge in [0.2, 0.25) is 5.89 Å². The van der Waals surface area contributed by atoms with Crippen LogP contribution in [0, 0.1) is 0 Å². The standard InChI is InChI=1S/C29H23Cl2N3O2S/c1-3-16(2)17-11-13-26-25(14-17)32-28(36-26)18-10-12-23(31)24(15-18)33-29(37)34-27(35)21-8-4-7-20-19(21)6-5-9-22(20)30/h4-16H,3H2,1-2H3,(H2,33,34,35,37). The minimum absolute atomic E-state index is 0.110. The van der Waals surface area contributed by atoms with E-state index in [0.29, 0.717) is 38.7 Å². The number of hydrogen-bond donors (Lipinski definition) is 2. The molecule has 0 aliphatic rings. The van der Waals surface area contributed by atoms with E-state index in [1.54, 1.807) is 36.4 Å². The zero-order valence-corrected chi connectivity index (χ0v) is 22.5. The van der Waals surface area contributed by atoms with Crippen molar-refractivity contribution in [3.63, 3.8) is 0 Å². The average Bonchev–Trinajstić information content (AvgIpc) is 3.33. The summed E-state index contributed by atoms with van der Waals surface area (Å²) in [5, 5.41) is 8.40. The first-order chi connectivity index (χ1) is 17.8. The van der Waals surface area contributed by atoms with E-state index >= 15 is 0 Å². The van der Waals surface area contributed by atoms with Crippen molar-refractivity contribution in [3.8, 4) is 11.5 Å². The van der Waals surface area contributed by atoms with Crippen LogP contribution < -0.4 is 10.6 Å². The third-order valence-corrected chi connectivity index (χ3v) is 7.26. The van der Waals surface area contributed by atoms with E-state index in [-0.39, 0.29) is 11.0 Å². The molecule has 1 aromatic heterocycles. The Morgan fingerprint density at radius 3 is 2.59 bits per heavy atom. The number of rotatable bonds is 5. The second-order valence-electron chi connectivity index (χ2n) is 8.80. The number of halogens is 2. The van der Waals surface area contributed by atoms with E-state index in [0.717, 1.165) is 28.3 Å². The summed E-state index contributed by atoms with van der Waals surface area (Å²) in [6.45, 7) is 4.35. The van der Waals surface area contributed by atoms with Gasteiger partial charge in [-0.15, -0.1) is 0 Å². The molecule has 37 heavy (non-hydrogen) atoms. The number of amides is 1. The molecule has 0 bridgehead atoms. The van der Waals surface area contributed by atoms with Crippen LogP contribution in [0.5, 0.6) is 0 Å². The number of nitrogens with one attached hydrogen (secondary N) is 2. The van der Waals surface area contributed by atoms with Gasteiger partial charge in [0.25, 0.3) is 5.91 Å². The van der Waals surface area contributed by atoms with Crippen molar-refractivity contribution in [2.24, 2.45) is 0 Å². The molecule has 5 nitrogen and oxygen atoms in total. The summed E-state index contributed by atoms with van der Waals surface area (Å²) < 4.78 is 6.00. The highest BCUT2D eigenvalue weighted by atomic mass is 35.5. The molecule has 0 aliphatic heterocycles. The van der Waals surface area contributed by atoms with Gasteiger partial charge < -0.3 is 9.73 Å². The predicted octanol–water partition coefficient (Wildman–Crippen LogP) is 8.60. The van der Waals surface area contributed by atoms with Gasteiger partial charge in [0, 0.05) is 21.5 Å². The first-order valence-electron chi connectivity index (χ1n) is 11.8. The van der Waals surface area contributed by atoms with Crippen LogP contribution in [0.25, 0.3) is 33.3 Å². The van der Waals surface area contributed by atoms with E-state index in [2.05, 4.69) is 41.6 Å². The Labute approximate surface area is 229 Å². The molecule has 1 amide bonds. The van der Waals surface area contributed by atoms with Crippen LogP contribution in [0.15, 0.2) is 77.2 Å². The Balaban J connectivity index is 1.36. The number of hydrogen-bond acceptors (Lipinski definition) is 4. The van der Waals surface area contributed by atoms with Gasteiger partial charge in [0.05, 0.1) is 10.7 Å². The molecule has 0 saturated heterocycles. The van der Waals surface area contributed by atoms with E-state index in [1.807, 2.05) is 24.3 Å². The lowest BCUT2D eigenvalue weighted by atomic mass is 9.98. The lowest BCUT2D eigenvalue weighted by molar-refractivity contribution is 0.0979. The molecule has 186 valence electrons. The van der Waals surface area contributed by atoms with Crippen molar-refractivity contribution in [3.05, 3.63) is 94.0 Å². The highest BCUT2D eigenvalue weighted by Gasteiger charge is 2.16. The lowest BCUT2D eigenvalue weighted by Crippen LogP contribution is -2.34. The lowest BCUT2D eigenvalue weighted by Gasteiger charge is -2.13. The SMILES string of the molecule is CCC(C)c1ccc2oc(-c3ccc(Cl)c(NC(=S)NC(=O)c4cccc5c(Cl)cccc45)c3)nc2c1. The highest BCUT2D eigenvalue weighted by Crippen LogP contribution is 2.32. The van der Waals surface area contributed by atoms with Gasteiger partial charge in [-0.25, -0.2) is 4.98 Å². The van der Waals surface area contributed by atoms with Crippen LogP contribution in [-0.2, 0) is 0 Å². The first kappa shape index (κ1) is 25.2. The Bertz CT molecular complexity index is 1660. The van der Waals surface area contributed by atoms with Crippen molar-refractivity contribution < 1.29 is 9.21 Å². The van der Waals surface area contributed by atoms with Gasteiger partial charge >= 0.3 is 0 Å². The second-order valence-corrected chi connectivity index (χ2v) is 10.0. The smallest absolute Gasteiger partial charge is 0.258 e. The maximum absolute atomic E-state index is 13.0. The molecular formula is C29H23Cl2N3O2S. The monoisotopic (exact) mass is 547 g/mol. The average molecular weight is 548 g/mol. The van der Waals surface area contributed by atoms with Crippen LogP contribution in [0.4, 0.5) is 5.69 Å². The van der Waals surface area contributed by atoms with Crippen LogP contribution in [0.1, 0.15) is 42.1 Å². The summed E-state index contributed by atoms with van der Waals surface area (Å²) in [6, 6.07) is 22.3. The van der Waals surface area contributed by atoms with E-state index in [1.165, 1.54) is 5.56 Å². The van der Waals surface area contributed by atoms with E-state index in [4.69, 9.17) is 39.8 Å². The number of benzene rings is 4. The number of carbonyl (C=O) groups is 1. The molecule has 5 aromatic rings. The largest absolute Gasteiger partial charge is 0.436 e. The Morgan fingerprint density at radius 2 is 1.78 bits per heavy atom. The Hall–Kier alpha value is -3.45. The first-order valence-corrected chi connectivity index (χ1v) is 13.0. The second kappa shape index (κ2) is 10.5. The molecule has 0 radical (unpaired) electrons. The molecule has 2 N–H and O–H groups in total. The summed E-state index contributed by atoms with van der Waals surface area (Å²) >= 11 is 18.1. The fraction of sp³-hybridized carbons (Fsp3) is 0.138. The van der Waals surface area contributed by atoms with Crippen molar-refractivity contribution in [2.45, 2.75) is 26.2 Å². The van der Waals surface area contributed by atoms with Crippen LogP contribution in [0.3, 0.4) is 0 Å². The van der Waals surface area contributed by atoms with Crippen molar-refractivity contribution >= 4 is 74.0 Å². The molecule has 5 rings (SSSR count). The van der Waals surface area contributed by atoms with Gasteiger partial charge in [-0.05, 0) is 78.0 Å². The molecule has 0 spiro atoms. The molecule has 0 saturated carbocycles. The topological polar surface area (TPSA) is 67.2 Å². The van der Waals surface area contributed by atoms with Gasteiger partial charge in [0.15, 0.2) is 10.7 Å². The molecule has 1 atom stereocenters. The zero-order chi connectivity index (χ0) is 26.1. The quantitative estimate of drug-likeness (QED) is 0.215. The van der Waals surface area contributed by atoms with Gasteiger partial charge in [-0.1, -0.05) is 67.4 Å². The number of nitrogens with zero attached hydrogens (tertiary/aromatic N) is 1. The van der Waals surface area contributed by atoms with Crippen LogP contribution >= 0.6 is 35.4 Å². The maximum atomic E-state index is 13.0. The van der Waals surface area contributed by atoms with Gasteiger partial charge in [-0.2, -0.15) is 0 Å². The minimum atomic E-state index is -0.353. The van der Waals surface area contributed by atoms with Crippen molar-refractivity contribution in [1.29, 1.82) is 0 Å². The van der Waals surface area contributed by atoms with Crippen molar-refractivity contribution in [1.82, 2.24) is 10.3 Å². The van der Waals surface area contributed by atoms with E-state index in [9.17, 15) is 4.79 Å². The molecule has 0 aliphatic carbocycles. The third-order valence-electron chi connectivity index (χ3n) is 6.40. The van der Waals surface area contributed by atoms with Crippen LogP contribution in [-0.4, -0.2) is 16.0 Å². The third kappa shape index (κ3) is 5.18. The molecule has 4 aromatic carbocycles. The molecule has 8 heteroatoms. The normalized spacial score (nSPS) is 12.0. The van der Waals surface area contributed by atoms with Crippen molar-refractivity contribution in [2.75, 3.05) is 5.32 Å². The van der Waals surface area contributed by atoms with Gasteiger partial charge in [0.1, 0.15) is 5.52 Å². The minimum Gasteiger partial charge on any atom is -0.436 e. The maximum Gasteiger partial charge on any atom is 0.258 e. The fourth-order valence-electron chi connectivity index (χ4n) is 4.16. The summed E-state index contributed by atoms with van der Waals surface area (Å²) in [6.07, 6.45) is 1.05. The van der Waals surface area contributed by atoms with E-state index < -0.39 is 0 Å². The number of fused-ring (bicyclic) bond motifs is 2. The Morgan fingerprint density at radius 1 is 1.00 bits per heavy atom. The molecule has 0 fully saturated rings. The highest BCUT2D eigenvalue weighted by molar-refractivity contribution is 7.80. The predicted molar refractivity (Wildman–Crippen MR) is 156 cm³/mol. The molecular weight excluding hydrogens is 525 g/mol. The van der Waals surface area contributed by atoms with Gasteiger partial charge in [-0.3, -0.25) is 10.1 Å². The number of anilines is 1. The Kier molecular flexibility index (Phi) is 7.15. The fourth-order valence-corrected chi connectivity index (χ4v) is 4.76. The summed E-state index contributed by atoms with van der Waals surface area (Å²) in [4.78, 5) is 17.7. The summed E-state index contributed by atoms with van der Waals surface area (Å²) in [7, 11) is 0.